The number of benzene rings is 2. The predicted octanol–water partition coefficient (Wildman–Crippen LogP) is 4.74. The van der Waals surface area contributed by atoms with Crippen LogP contribution in [0.3, 0.4) is 0 Å². The van der Waals surface area contributed by atoms with E-state index in [1.165, 1.54) is 0 Å². The normalized spacial score (nSPS) is 11.3. The highest BCUT2D eigenvalue weighted by atomic mass is 19.3. The first-order valence-corrected chi connectivity index (χ1v) is 7.82. The highest BCUT2D eigenvalue weighted by Gasteiger charge is 2.15. The number of amides is 1. The fourth-order valence-corrected chi connectivity index (χ4v) is 2.15. The van der Waals surface area contributed by atoms with Gasteiger partial charge in [-0.15, -0.1) is 0 Å². The van der Waals surface area contributed by atoms with E-state index >= 15 is 0 Å². The summed E-state index contributed by atoms with van der Waals surface area (Å²) >= 11 is 0. The van der Waals surface area contributed by atoms with Crippen LogP contribution in [0, 0.1) is 18.3 Å². The molecule has 9 heteroatoms. The van der Waals surface area contributed by atoms with E-state index in [9.17, 15) is 27.6 Å². The molecule has 0 aliphatic heterocycles. The van der Waals surface area contributed by atoms with Crippen LogP contribution in [-0.4, -0.2) is 19.1 Å². The number of aryl methyl sites for hydroxylation is 1. The summed E-state index contributed by atoms with van der Waals surface area (Å²) in [5.74, 6) is -1.71. The van der Waals surface area contributed by atoms with Gasteiger partial charge in [-0.3, -0.25) is 4.79 Å². The largest absolute Gasteiger partial charge is 0.435 e. The third-order valence-corrected chi connectivity index (χ3v) is 3.40. The lowest BCUT2D eigenvalue weighted by atomic mass is 10.1. The number of anilines is 1. The van der Waals surface area contributed by atoms with E-state index in [0.29, 0.717) is 5.69 Å². The van der Waals surface area contributed by atoms with Gasteiger partial charge in [-0.1, -0.05) is 17.7 Å². The van der Waals surface area contributed by atoms with Gasteiger partial charge in [-0.25, -0.2) is 0 Å². The van der Waals surface area contributed by atoms with Gasteiger partial charge >= 0.3 is 13.2 Å². The Balaban J connectivity index is 2.31. The topological polar surface area (TPSA) is 71.4 Å². The molecule has 2 rings (SSSR count). The number of ether oxygens (including phenoxy) is 2. The predicted molar refractivity (Wildman–Crippen MR) is 93.1 cm³/mol. The van der Waals surface area contributed by atoms with Gasteiger partial charge < -0.3 is 14.8 Å². The molecule has 0 radical (unpaired) electrons. The maximum atomic E-state index is 12.6. The van der Waals surface area contributed by atoms with Crippen molar-refractivity contribution in [2.75, 3.05) is 5.32 Å². The van der Waals surface area contributed by atoms with Crippen LogP contribution in [0.25, 0.3) is 6.08 Å². The molecule has 0 aromatic heterocycles. The molecule has 5 nitrogen and oxygen atoms in total. The summed E-state index contributed by atoms with van der Waals surface area (Å²) in [5.41, 5.74) is 0.912. The van der Waals surface area contributed by atoms with E-state index in [1.54, 1.807) is 30.3 Å². The maximum absolute atomic E-state index is 12.6. The molecule has 0 fully saturated rings. The summed E-state index contributed by atoms with van der Waals surface area (Å²) in [7, 11) is 0. The van der Waals surface area contributed by atoms with Gasteiger partial charge in [0.1, 0.15) is 23.1 Å². The van der Waals surface area contributed by atoms with Crippen molar-refractivity contribution in [2.24, 2.45) is 0 Å². The number of alkyl halides is 4. The summed E-state index contributed by atoms with van der Waals surface area (Å²) in [6, 6.07) is 11.4. The van der Waals surface area contributed by atoms with Crippen LogP contribution in [0.1, 0.15) is 11.1 Å². The van der Waals surface area contributed by atoms with Gasteiger partial charge in [0.05, 0.1) is 0 Å². The molecule has 2 aromatic carbocycles. The first-order valence-electron chi connectivity index (χ1n) is 7.82. The van der Waals surface area contributed by atoms with Crippen LogP contribution >= 0.6 is 0 Å². The maximum Gasteiger partial charge on any atom is 0.387 e. The van der Waals surface area contributed by atoms with Gasteiger partial charge in [0, 0.05) is 17.3 Å². The average Bonchev–Trinajstić information content (AvgIpc) is 2.62. The molecule has 2 aromatic rings. The molecular weight excluding hydrogens is 380 g/mol. The molecule has 0 aliphatic carbocycles. The van der Waals surface area contributed by atoms with Crippen molar-refractivity contribution in [2.45, 2.75) is 20.1 Å². The van der Waals surface area contributed by atoms with Gasteiger partial charge in [0.2, 0.25) is 0 Å². The number of rotatable bonds is 7. The first kappa shape index (κ1) is 20.8. The summed E-state index contributed by atoms with van der Waals surface area (Å²) in [5, 5.41) is 11.7. The lowest BCUT2D eigenvalue weighted by Gasteiger charge is -2.11. The molecule has 28 heavy (non-hydrogen) atoms. The zero-order chi connectivity index (χ0) is 20.7. The summed E-state index contributed by atoms with van der Waals surface area (Å²) in [4.78, 5) is 12.3. The smallest absolute Gasteiger partial charge is 0.387 e. The van der Waals surface area contributed by atoms with Crippen molar-refractivity contribution >= 4 is 17.7 Å². The number of carbonyl (C=O) groups is 1. The van der Waals surface area contributed by atoms with E-state index in [2.05, 4.69) is 14.8 Å². The van der Waals surface area contributed by atoms with Gasteiger partial charge in [-0.05, 0) is 37.3 Å². The molecule has 0 heterocycles. The first-order chi connectivity index (χ1) is 13.3. The SMILES string of the molecule is Cc1ccc(NC(=O)/C(C#N)=C/c2ccc(OC(F)F)cc2OC(F)F)cc1. The summed E-state index contributed by atoms with van der Waals surface area (Å²) < 4.78 is 58.2. The number of nitrogens with one attached hydrogen (secondary N) is 1. The van der Waals surface area contributed by atoms with Crippen molar-refractivity contribution in [3.63, 3.8) is 0 Å². The van der Waals surface area contributed by atoms with Gasteiger partial charge in [0.15, 0.2) is 0 Å². The van der Waals surface area contributed by atoms with E-state index in [4.69, 9.17) is 0 Å². The molecule has 0 spiro atoms. The Kier molecular flexibility index (Phi) is 6.98. The number of hydrogen-bond acceptors (Lipinski definition) is 4. The quantitative estimate of drug-likeness (QED) is 0.418. The Labute approximate surface area is 157 Å². The molecule has 1 N–H and O–H groups in total. The Hall–Kier alpha value is -3.54. The van der Waals surface area contributed by atoms with Gasteiger partial charge in [-0.2, -0.15) is 22.8 Å². The van der Waals surface area contributed by atoms with E-state index in [0.717, 1.165) is 29.8 Å². The summed E-state index contributed by atoms with van der Waals surface area (Å²) in [6.45, 7) is -4.55. The minimum atomic E-state index is -3.25. The lowest BCUT2D eigenvalue weighted by Crippen LogP contribution is -2.13. The molecule has 1 amide bonds. The van der Waals surface area contributed by atoms with Crippen LogP contribution in [0.4, 0.5) is 23.2 Å². The Morgan fingerprint density at radius 1 is 1.07 bits per heavy atom. The van der Waals surface area contributed by atoms with Crippen LogP contribution in [0.15, 0.2) is 48.0 Å². The zero-order valence-corrected chi connectivity index (χ0v) is 14.5. The van der Waals surface area contributed by atoms with Crippen LogP contribution < -0.4 is 14.8 Å². The molecule has 0 bridgehead atoms. The fourth-order valence-electron chi connectivity index (χ4n) is 2.15. The number of carbonyl (C=O) groups excluding carboxylic acids is 1. The Bertz CT molecular complexity index is 906. The Morgan fingerprint density at radius 2 is 1.71 bits per heavy atom. The van der Waals surface area contributed by atoms with Crippen molar-refractivity contribution in [1.29, 1.82) is 5.26 Å². The number of hydrogen-bond donors (Lipinski definition) is 1. The van der Waals surface area contributed by atoms with Gasteiger partial charge in [0.25, 0.3) is 5.91 Å². The average molecular weight is 394 g/mol. The molecule has 0 unspecified atom stereocenters. The number of halogens is 4. The van der Waals surface area contributed by atoms with Crippen LogP contribution in [0.5, 0.6) is 11.5 Å². The number of nitriles is 1. The minimum absolute atomic E-state index is 0.0856. The second-order valence-electron chi connectivity index (χ2n) is 5.45. The van der Waals surface area contributed by atoms with E-state index < -0.39 is 36.2 Å². The van der Waals surface area contributed by atoms with E-state index in [-0.39, 0.29) is 5.56 Å². The van der Waals surface area contributed by atoms with Crippen molar-refractivity contribution in [1.82, 2.24) is 0 Å². The van der Waals surface area contributed by atoms with Crippen molar-refractivity contribution < 1.29 is 31.8 Å². The fraction of sp³-hybridized carbons (Fsp3) is 0.158. The highest BCUT2D eigenvalue weighted by Crippen LogP contribution is 2.29. The second kappa shape index (κ2) is 9.41. The third kappa shape index (κ3) is 6.02. The minimum Gasteiger partial charge on any atom is -0.435 e. The molecule has 0 saturated heterocycles. The van der Waals surface area contributed by atoms with Crippen LogP contribution in [-0.2, 0) is 4.79 Å². The van der Waals surface area contributed by atoms with Crippen molar-refractivity contribution in [3.8, 4) is 17.6 Å². The molecule has 0 saturated carbocycles. The molecule has 0 aliphatic rings. The lowest BCUT2D eigenvalue weighted by molar-refractivity contribution is -0.112. The molecule has 0 atom stereocenters. The summed E-state index contributed by atoms with van der Waals surface area (Å²) in [6.07, 6.45) is 1.01. The monoisotopic (exact) mass is 394 g/mol. The molecular formula is C19H14F4N2O3. The van der Waals surface area contributed by atoms with Crippen molar-refractivity contribution in [3.05, 3.63) is 59.2 Å². The standard InChI is InChI=1S/C19H14F4N2O3/c1-11-2-5-14(6-3-11)25-17(26)13(10-24)8-12-4-7-15(27-18(20)21)9-16(12)28-19(22)23/h2-9,18-19H,1H3,(H,25,26)/b13-8+. The second-order valence-corrected chi connectivity index (χ2v) is 5.45. The number of nitrogens with zero attached hydrogens (tertiary/aromatic N) is 1. The Morgan fingerprint density at radius 3 is 2.29 bits per heavy atom. The highest BCUT2D eigenvalue weighted by molar-refractivity contribution is 6.09. The van der Waals surface area contributed by atoms with Crippen LogP contribution in [0.2, 0.25) is 0 Å². The molecule has 146 valence electrons. The zero-order valence-electron chi connectivity index (χ0n) is 14.5. The van der Waals surface area contributed by atoms with E-state index in [1.807, 2.05) is 6.92 Å². The third-order valence-electron chi connectivity index (χ3n) is 3.40.